The minimum Gasteiger partial charge on any atom is -0.354 e. The summed E-state index contributed by atoms with van der Waals surface area (Å²) in [6.45, 7) is 8.55. The Morgan fingerprint density at radius 2 is 2.00 bits per heavy atom. The lowest BCUT2D eigenvalue weighted by molar-refractivity contribution is -0.117. The molecule has 0 bridgehead atoms. The molecule has 1 saturated heterocycles. The molecule has 30 heavy (non-hydrogen) atoms. The number of rotatable bonds is 7. The average Bonchev–Trinajstić information content (AvgIpc) is 3.52. The maximum atomic E-state index is 12.8. The predicted octanol–water partition coefficient (Wildman–Crippen LogP) is 2.74. The van der Waals surface area contributed by atoms with Crippen LogP contribution in [0.2, 0.25) is 0 Å². The second-order valence-electron chi connectivity index (χ2n) is 8.24. The zero-order valence-corrected chi connectivity index (χ0v) is 18.4. The van der Waals surface area contributed by atoms with Crippen molar-refractivity contribution in [2.24, 2.45) is 5.92 Å². The van der Waals surface area contributed by atoms with Gasteiger partial charge in [0.15, 0.2) is 0 Å². The van der Waals surface area contributed by atoms with Gasteiger partial charge >= 0.3 is 0 Å². The Bertz CT molecular complexity index is 888. The largest absolute Gasteiger partial charge is 0.354 e. The molecule has 1 aliphatic heterocycles. The fraction of sp³-hybridized carbons (Fsp3) is 0.500. The van der Waals surface area contributed by atoms with E-state index in [0.717, 1.165) is 61.9 Å². The highest BCUT2D eigenvalue weighted by Gasteiger charge is 2.30. The number of nitrogens with one attached hydrogen (secondary N) is 2. The first-order valence-electron chi connectivity index (χ1n) is 10.6. The van der Waals surface area contributed by atoms with Crippen molar-refractivity contribution in [2.75, 3.05) is 42.9 Å². The summed E-state index contributed by atoms with van der Waals surface area (Å²) in [5.74, 6) is 1.18. The molecule has 3 heterocycles. The number of aromatic nitrogens is 1. The molecule has 7 nitrogen and oxygen atoms in total. The van der Waals surface area contributed by atoms with Gasteiger partial charge in [-0.05, 0) is 50.5 Å². The van der Waals surface area contributed by atoms with E-state index in [1.54, 1.807) is 0 Å². The van der Waals surface area contributed by atoms with Crippen molar-refractivity contribution in [1.82, 2.24) is 15.2 Å². The first-order chi connectivity index (χ1) is 14.5. The van der Waals surface area contributed by atoms with E-state index >= 15 is 0 Å². The number of nitrogens with zero attached hydrogens (tertiary/aromatic N) is 3. The number of carbonyl (C=O) groups excluding carboxylic acids is 2. The second-order valence-corrected chi connectivity index (χ2v) is 9.29. The molecule has 4 rings (SSSR count). The van der Waals surface area contributed by atoms with Gasteiger partial charge in [-0.3, -0.25) is 14.5 Å². The van der Waals surface area contributed by atoms with Crippen LogP contribution in [0.5, 0.6) is 0 Å². The summed E-state index contributed by atoms with van der Waals surface area (Å²) in [5, 5.41) is 6.82. The Balaban J connectivity index is 1.25. The van der Waals surface area contributed by atoms with Crippen LogP contribution in [0.4, 0.5) is 10.8 Å². The fourth-order valence-electron chi connectivity index (χ4n) is 3.76. The standard InChI is InChI=1S/C22H29N5O2S/c1-15-13-19(25-21(28)17-6-7-17)30-20(15)22(29)24-16(2)14-26-9-11-27(12-10-26)18-5-3-4-8-23-18/h3-5,8,13,16-17H,6-7,9-12,14H2,1-2H3,(H,24,29)(H,25,28). The van der Waals surface area contributed by atoms with Crippen LogP contribution in [0.1, 0.15) is 35.0 Å². The molecular weight excluding hydrogens is 398 g/mol. The van der Waals surface area contributed by atoms with Gasteiger partial charge in [-0.25, -0.2) is 4.98 Å². The molecule has 1 atom stereocenters. The summed E-state index contributed by atoms with van der Waals surface area (Å²) in [6, 6.07) is 7.93. The molecule has 0 aromatic carbocycles. The monoisotopic (exact) mass is 427 g/mol. The predicted molar refractivity (Wildman–Crippen MR) is 120 cm³/mol. The number of aryl methyl sites for hydroxylation is 1. The first kappa shape index (κ1) is 20.8. The summed E-state index contributed by atoms with van der Waals surface area (Å²) in [7, 11) is 0. The quantitative estimate of drug-likeness (QED) is 0.711. The van der Waals surface area contributed by atoms with Crippen LogP contribution in [0.15, 0.2) is 30.5 Å². The molecule has 160 valence electrons. The SMILES string of the molecule is Cc1cc(NC(=O)C2CC2)sc1C(=O)NC(C)CN1CCN(c2ccccn2)CC1. The van der Waals surface area contributed by atoms with Crippen LogP contribution in [0.25, 0.3) is 0 Å². The van der Waals surface area contributed by atoms with Gasteiger partial charge in [-0.2, -0.15) is 0 Å². The van der Waals surface area contributed by atoms with Gasteiger partial charge in [0.2, 0.25) is 5.91 Å². The first-order valence-corrected chi connectivity index (χ1v) is 11.4. The van der Waals surface area contributed by atoms with E-state index in [4.69, 9.17) is 0 Å². The molecule has 2 aromatic heterocycles. The Hall–Kier alpha value is -2.45. The number of amides is 2. The van der Waals surface area contributed by atoms with E-state index in [2.05, 4.69) is 25.4 Å². The molecule has 2 amide bonds. The molecule has 0 radical (unpaired) electrons. The van der Waals surface area contributed by atoms with Crippen LogP contribution in [-0.2, 0) is 4.79 Å². The molecule has 2 fully saturated rings. The zero-order chi connectivity index (χ0) is 21.1. The molecule has 8 heteroatoms. The third-order valence-corrected chi connectivity index (χ3v) is 6.72. The van der Waals surface area contributed by atoms with E-state index in [1.807, 2.05) is 44.3 Å². The minimum absolute atomic E-state index is 0.0462. The lowest BCUT2D eigenvalue weighted by Gasteiger charge is -2.36. The molecule has 1 aliphatic carbocycles. The highest BCUT2D eigenvalue weighted by atomic mass is 32.1. The summed E-state index contributed by atoms with van der Waals surface area (Å²) in [5.41, 5.74) is 0.903. The second kappa shape index (κ2) is 9.14. The van der Waals surface area contributed by atoms with Crippen molar-refractivity contribution in [1.29, 1.82) is 0 Å². The van der Waals surface area contributed by atoms with Crippen LogP contribution in [0, 0.1) is 12.8 Å². The molecule has 1 unspecified atom stereocenters. The maximum absolute atomic E-state index is 12.8. The number of pyridine rings is 1. The third kappa shape index (κ3) is 5.17. The van der Waals surface area contributed by atoms with Gasteiger partial charge < -0.3 is 15.5 Å². The van der Waals surface area contributed by atoms with Gasteiger partial charge in [0.25, 0.3) is 5.91 Å². The van der Waals surface area contributed by atoms with Crippen molar-refractivity contribution in [2.45, 2.75) is 32.7 Å². The Labute approximate surface area is 181 Å². The maximum Gasteiger partial charge on any atom is 0.261 e. The van der Waals surface area contributed by atoms with E-state index < -0.39 is 0 Å². The Morgan fingerprint density at radius 1 is 1.23 bits per heavy atom. The van der Waals surface area contributed by atoms with Crippen molar-refractivity contribution in [3.05, 3.63) is 40.9 Å². The third-order valence-electron chi connectivity index (χ3n) is 5.57. The summed E-state index contributed by atoms with van der Waals surface area (Å²) in [4.78, 5) is 34.5. The summed E-state index contributed by atoms with van der Waals surface area (Å²) < 4.78 is 0. The van der Waals surface area contributed by atoms with Crippen LogP contribution in [-0.4, -0.2) is 60.5 Å². The van der Waals surface area contributed by atoms with Gasteiger partial charge in [-0.15, -0.1) is 11.3 Å². The van der Waals surface area contributed by atoms with E-state index in [1.165, 1.54) is 11.3 Å². The molecule has 2 N–H and O–H groups in total. The highest BCUT2D eigenvalue weighted by molar-refractivity contribution is 7.18. The van der Waals surface area contributed by atoms with E-state index in [9.17, 15) is 9.59 Å². The van der Waals surface area contributed by atoms with Crippen LogP contribution < -0.4 is 15.5 Å². The van der Waals surface area contributed by atoms with Crippen molar-refractivity contribution in [3.63, 3.8) is 0 Å². The smallest absolute Gasteiger partial charge is 0.261 e. The Morgan fingerprint density at radius 3 is 2.67 bits per heavy atom. The van der Waals surface area contributed by atoms with Crippen LogP contribution in [0.3, 0.4) is 0 Å². The number of carbonyl (C=O) groups is 2. The number of hydrogen-bond donors (Lipinski definition) is 2. The van der Waals surface area contributed by atoms with Gasteiger partial charge in [-0.1, -0.05) is 6.07 Å². The molecule has 1 saturated carbocycles. The number of anilines is 2. The van der Waals surface area contributed by atoms with Gasteiger partial charge in [0.1, 0.15) is 5.82 Å². The summed E-state index contributed by atoms with van der Waals surface area (Å²) in [6.07, 6.45) is 3.77. The van der Waals surface area contributed by atoms with E-state index in [0.29, 0.717) is 4.88 Å². The molecule has 0 spiro atoms. The highest BCUT2D eigenvalue weighted by Crippen LogP contribution is 2.32. The fourth-order valence-corrected chi connectivity index (χ4v) is 4.74. The van der Waals surface area contributed by atoms with Crippen molar-refractivity contribution < 1.29 is 9.59 Å². The van der Waals surface area contributed by atoms with Crippen molar-refractivity contribution in [3.8, 4) is 0 Å². The number of hydrogen-bond acceptors (Lipinski definition) is 6. The van der Waals surface area contributed by atoms with Gasteiger partial charge in [0.05, 0.1) is 9.88 Å². The van der Waals surface area contributed by atoms with Crippen molar-refractivity contribution >= 4 is 34.0 Å². The lowest BCUT2D eigenvalue weighted by Crippen LogP contribution is -2.51. The molecular formula is C22H29N5O2S. The molecule has 2 aromatic rings. The number of piperazine rings is 1. The molecule has 2 aliphatic rings. The minimum atomic E-state index is -0.0657. The van der Waals surface area contributed by atoms with Gasteiger partial charge in [0, 0.05) is 50.9 Å². The topological polar surface area (TPSA) is 77.6 Å². The lowest BCUT2D eigenvalue weighted by atomic mass is 10.2. The normalized spacial score (nSPS) is 18.1. The van der Waals surface area contributed by atoms with Crippen LogP contribution >= 0.6 is 11.3 Å². The van der Waals surface area contributed by atoms with E-state index in [-0.39, 0.29) is 23.8 Å². The summed E-state index contributed by atoms with van der Waals surface area (Å²) >= 11 is 1.36. The zero-order valence-electron chi connectivity index (χ0n) is 17.6. The average molecular weight is 428 g/mol. The Kier molecular flexibility index (Phi) is 6.34. The number of thiophene rings is 1.